The first-order chi connectivity index (χ1) is 14.8. The highest BCUT2D eigenvalue weighted by molar-refractivity contribution is 5.77. The van der Waals surface area contributed by atoms with Gasteiger partial charge in [0, 0.05) is 25.4 Å². The highest BCUT2D eigenvalue weighted by atomic mass is 19.4. The molecule has 0 aliphatic carbocycles. The Labute approximate surface area is 178 Å². The first-order valence-electron chi connectivity index (χ1n) is 10.1. The van der Waals surface area contributed by atoms with Crippen molar-refractivity contribution in [2.45, 2.75) is 26.4 Å². The van der Waals surface area contributed by atoms with E-state index in [-0.39, 0.29) is 5.82 Å². The Kier molecular flexibility index (Phi) is 7.21. The van der Waals surface area contributed by atoms with Crippen LogP contribution in [0.15, 0.2) is 41.2 Å². The molecule has 3 heterocycles. The molecule has 0 saturated carbocycles. The van der Waals surface area contributed by atoms with Gasteiger partial charge < -0.3 is 14.3 Å². The Bertz CT molecular complexity index is 973. The van der Waals surface area contributed by atoms with Crippen molar-refractivity contribution in [2.75, 3.05) is 38.1 Å². The first-order valence-corrected chi connectivity index (χ1v) is 10.1. The molecule has 166 valence electrons. The Hall–Kier alpha value is -3.01. The Morgan fingerprint density at radius 1 is 1.03 bits per heavy atom. The second-order valence-corrected chi connectivity index (χ2v) is 7.02. The quantitative estimate of drug-likeness (QED) is 0.495. The van der Waals surface area contributed by atoms with Gasteiger partial charge in [0.15, 0.2) is 0 Å². The van der Waals surface area contributed by atoms with E-state index in [0.717, 1.165) is 26.1 Å². The second kappa shape index (κ2) is 9.86. The molecule has 0 atom stereocenters. The number of aromatic nitrogens is 4. The molecule has 7 nitrogen and oxygen atoms in total. The van der Waals surface area contributed by atoms with E-state index >= 15 is 0 Å². The van der Waals surface area contributed by atoms with E-state index in [2.05, 4.69) is 43.4 Å². The number of rotatable bonds is 9. The lowest BCUT2D eigenvalue weighted by molar-refractivity contribution is -0.159. The van der Waals surface area contributed by atoms with E-state index < -0.39 is 12.1 Å². The van der Waals surface area contributed by atoms with Crippen LogP contribution >= 0.6 is 0 Å². The molecule has 0 amide bonds. The maximum absolute atomic E-state index is 13.0. The molecular weight excluding hydrogens is 409 g/mol. The van der Waals surface area contributed by atoms with Gasteiger partial charge in [-0.15, -0.1) is 0 Å². The number of alkyl halides is 3. The summed E-state index contributed by atoms with van der Waals surface area (Å²) in [4.78, 5) is 16.6. The molecule has 0 unspecified atom stereocenters. The van der Waals surface area contributed by atoms with Crippen molar-refractivity contribution >= 4 is 5.69 Å². The van der Waals surface area contributed by atoms with Crippen LogP contribution in [0.4, 0.5) is 18.9 Å². The summed E-state index contributed by atoms with van der Waals surface area (Å²) in [6, 6.07) is 7.00. The van der Waals surface area contributed by atoms with E-state index in [1.165, 1.54) is 0 Å². The SMILES string of the molecule is CCN(CC)CCCN(C)c1cnc(-c2ccccn2)cc1-c1noc(C(F)(F)F)n1. The van der Waals surface area contributed by atoms with Crippen LogP contribution in [0.2, 0.25) is 0 Å². The molecular formula is C21H25F3N6O. The largest absolute Gasteiger partial charge is 0.471 e. The third-order valence-electron chi connectivity index (χ3n) is 4.99. The van der Waals surface area contributed by atoms with Crippen LogP contribution in [0.3, 0.4) is 0 Å². The summed E-state index contributed by atoms with van der Waals surface area (Å²) >= 11 is 0. The predicted molar refractivity (Wildman–Crippen MR) is 111 cm³/mol. The number of pyridine rings is 2. The number of hydrogen-bond donors (Lipinski definition) is 0. The average molecular weight is 434 g/mol. The second-order valence-electron chi connectivity index (χ2n) is 7.02. The van der Waals surface area contributed by atoms with Crippen LogP contribution in [0.5, 0.6) is 0 Å². The van der Waals surface area contributed by atoms with Gasteiger partial charge in [0.1, 0.15) is 0 Å². The summed E-state index contributed by atoms with van der Waals surface area (Å²) < 4.78 is 43.4. The summed E-state index contributed by atoms with van der Waals surface area (Å²) in [5.74, 6) is -1.52. The van der Waals surface area contributed by atoms with Crippen LogP contribution < -0.4 is 4.90 Å². The molecule has 0 N–H and O–H groups in total. The van der Waals surface area contributed by atoms with Gasteiger partial charge in [0.05, 0.1) is 23.3 Å². The van der Waals surface area contributed by atoms with Gasteiger partial charge in [0.25, 0.3) is 0 Å². The van der Waals surface area contributed by atoms with Crippen molar-refractivity contribution < 1.29 is 17.7 Å². The summed E-state index contributed by atoms with van der Waals surface area (Å²) in [7, 11) is 1.87. The topological polar surface area (TPSA) is 71.2 Å². The molecule has 0 aliphatic heterocycles. The van der Waals surface area contributed by atoms with Crippen molar-refractivity contribution in [3.8, 4) is 22.8 Å². The molecule has 0 saturated heterocycles. The molecule has 3 aromatic rings. The summed E-state index contributed by atoms with van der Waals surface area (Å²) in [6.07, 6.45) is -0.585. The van der Waals surface area contributed by atoms with Gasteiger partial charge in [-0.05, 0) is 44.3 Å². The van der Waals surface area contributed by atoms with Crippen molar-refractivity contribution in [3.05, 3.63) is 42.5 Å². The first kappa shape index (κ1) is 22.7. The van der Waals surface area contributed by atoms with Crippen molar-refractivity contribution in [1.29, 1.82) is 0 Å². The van der Waals surface area contributed by atoms with Crippen LogP contribution in [0.1, 0.15) is 26.2 Å². The lowest BCUT2D eigenvalue weighted by Crippen LogP contribution is -2.28. The molecule has 0 fully saturated rings. The van der Waals surface area contributed by atoms with E-state index in [4.69, 9.17) is 0 Å². The van der Waals surface area contributed by atoms with Gasteiger partial charge in [-0.2, -0.15) is 18.2 Å². The maximum Gasteiger partial charge on any atom is 0.471 e. The monoisotopic (exact) mass is 434 g/mol. The number of anilines is 1. The molecule has 3 rings (SSSR count). The third kappa shape index (κ3) is 5.57. The minimum atomic E-state index is -4.71. The highest BCUT2D eigenvalue weighted by Gasteiger charge is 2.38. The van der Waals surface area contributed by atoms with Crippen LogP contribution in [0.25, 0.3) is 22.8 Å². The van der Waals surface area contributed by atoms with Crippen LogP contribution in [-0.4, -0.2) is 58.2 Å². The normalized spacial score (nSPS) is 11.8. The molecule has 0 aliphatic rings. The molecule has 0 radical (unpaired) electrons. The Balaban J connectivity index is 1.93. The standard InChI is InChI=1S/C21H25F3N6O/c1-4-30(5-2)12-8-11-29(3)18-14-26-17(16-9-6-7-10-25-16)13-15(18)19-27-20(31-28-19)21(22,23)24/h6-7,9-10,13-14H,4-5,8,11-12H2,1-3H3. The average Bonchev–Trinajstić information content (AvgIpc) is 3.28. The molecule has 0 bridgehead atoms. The minimum absolute atomic E-state index is 0.141. The van der Waals surface area contributed by atoms with Crippen molar-refractivity contribution in [1.82, 2.24) is 25.0 Å². The Morgan fingerprint density at radius 3 is 2.42 bits per heavy atom. The summed E-state index contributed by atoms with van der Waals surface area (Å²) in [5.41, 5.74) is 2.13. The molecule has 10 heteroatoms. The van der Waals surface area contributed by atoms with E-state index in [1.54, 1.807) is 30.6 Å². The molecule has 3 aromatic heterocycles. The summed E-state index contributed by atoms with van der Waals surface area (Å²) in [6.45, 7) is 7.77. The third-order valence-corrected chi connectivity index (χ3v) is 4.99. The molecule has 0 aromatic carbocycles. The van der Waals surface area contributed by atoms with Gasteiger partial charge in [-0.3, -0.25) is 9.97 Å². The predicted octanol–water partition coefficient (Wildman–Crippen LogP) is 4.38. The highest BCUT2D eigenvalue weighted by Crippen LogP contribution is 2.34. The van der Waals surface area contributed by atoms with Gasteiger partial charge in [-0.25, -0.2) is 0 Å². The number of halogens is 3. The van der Waals surface area contributed by atoms with Gasteiger partial charge >= 0.3 is 12.1 Å². The van der Waals surface area contributed by atoms with Gasteiger partial charge in [0.2, 0.25) is 5.82 Å². The molecule has 31 heavy (non-hydrogen) atoms. The zero-order chi connectivity index (χ0) is 22.4. The fourth-order valence-corrected chi connectivity index (χ4v) is 3.23. The fraction of sp³-hybridized carbons (Fsp3) is 0.429. The van der Waals surface area contributed by atoms with E-state index in [9.17, 15) is 13.2 Å². The Morgan fingerprint density at radius 2 is 1.81 bits per heavy atom. The summed E-state index contributed by atoms with van der Waals surface area (Å²) in [5, 5.41) is 3.58. The lowest BCUT2D eigenvalue weighted by atomic mass is 10.1. The zero-order valence-corrected chi connectivity index (χ0v) is 17.7. The van der Waals surface area contributed by atoms with E-state index in [1.807, 2.05) is 18.0 Å². The van der Waals surface area contributed by atoms with E-state index in [0.29, 0.717) is 29.2 Å². The number of nitrogens with zero attached hydrogens (tertiary/aromatic N) is 6. The maximum atomic E-state index is 13.0. The van der Waals surface area contributed by atoms with Crippen molar-refractivity contribution in [2.24, 2.45) is 0 Å². The minimum Gasteiger partial charge on any atom is -0.373 e. The van der Waals surface area contributed by atoms with Crippen molar-refractivity contribution in [3.63, 3.8) is 0 Å². The van der Waals surface area contributed by atoms with Crippen LogP contribution in [0, 0.1) is 0 Å². The fourth-order valence-electron chi connectivity index (χ4n) is 3.23. The zero-order valence-electron chi connectivity index (χ0n) is 17.7. The van der Waals surface area contributed by atoms with Crippen LogP contribution in [-0.2, 0) is 6.18 Å². The smallest absolute Gasteiger partial charge is 0.373 e. The molecule has 0 spiro atoms. The lowest BCUT2D eigenvalue weighted by Gasteiger charge is -2.24. The van der Waals surface area contributed by atoms with Gasteiger partial charge in [-0.1, -0.05) is 25.1 Å². The number of hydrogen-bond acceptors (Lipinski definition) is 7.